The van der Waals surface area contributed by atoms with Crippen molar-refractivity contribution in [2.24, 2.45) is 0 Å². The minimum atomic E-state index is -4.39. The molecule has 1 aliphatic carbocycles. The Bertz CT molecular complexity index is 1780. The van der Waals surface area contributed by atoms with Crippen LogP contribution in [0.1, 0.15) is 73.0 Å². The van der Waals surface area contributed by atoms with E-state index in [1.54, 1.807) is 29.6 Å². The molecule has 0 atom stereocenters. The molecule has 0 bridgehead atoms. The lowest BCUT2D eigenvalue weighted by atomic mass is 9.76. The van der Waals surface area contributed by atoms with Crippen LogP contribution in [0.25, 0.3) is 22.3 Å². The molecular formula is C41H43F6N3O2. The molecule has 276 valence electrons. The van der Waals surface area contributed by atoms with Crippen molar-refractivity contribution in [2.45, 2.75) is 69.8 Å². The third-order valence-electron chi connectivity index (χ3n) is 9.89. The van der Waals surface area contributed by atoms with Gasteiger partial charge in [-0.1, -0.05) is 92.2 Å². The summed E-state index contributed by atoms with van der Waals surface area (Å²) in [6, 6.07) is 29.8. The summed E-state index contributed by atoms with van der Waals surface area (Å²) in [5.74, 6) is -0.855. The molecule has 4 aromatic rings. The van der Waals surface area contributed by atoms with Crippen molar-refractivity contribution in [2.75, 3.05) is 26.2 Å². The first-order valence-electron chi connectivity index (χ1n) is 17.5. The second kappa shape index (κ2) is 16.4. The molecule has 2 amide bonds. The molecule has 0 aromatic heterocycles. The van der Waals surface area contributed by atoms with Crippen LogP contribution < -0.4 is 10.6 Å². The quantitative estimate of drug-likeness (QED) is 0.134. The number of unbranched alkanes of at least 4 members (excludes halogenated alkanes) is 1. The molecule has 4 aromatic carbocycles. The van der Waals surface area contributed by atoms with Gasteiger partial charge in [0.25, 0.3) is 5.91 Å². The van der Waals surface area contributed by atoms with Gasteiger partial charge in [-0.05, 0) is 83.8 Å². The van der Waals surface area contributed by atoms with E-state index >= 15 is 0 Å². The number of halogens is 6. The Morgan fingerprint density at radius 3 is 1.81 bits per heavy atom. The van der Waals surface area contributed by atoms with E-state index < -0.39 is 30.4 Å². The Hall–Kier alpha value is -4.64. The van der Waals surface area contributed by atoms with Gasteiger partial charge in [0.15, 0.2) is 0 Å². The van der Waals surface area contributed by atoms with E-state index in [9.17, 15) is 35.9 Å². The Balaban J connectivity index is 0.000000515. The van der Waals surface area contributed by atoms with Crippen LogP contribution in [0.2, 0.25) is 0 Å². The van der Waals surface area contributed by atoms with E-state index in [0.717, 1.165) is 70.8 Å². The number of hydrogen-bond acceptors (Lipinski definition) is 3. The Morgan fingerprint density at radius 1 is 0.750 bits per heavy atom. The van der Waals surface area contributed by atoms with E-state index in [-0.39, 0.29) is 17.4 Å². The fourth-order valence-corrected chi connectivity index (χ4v) is 7.19. The van der Waals surface area contributed by atoms with Crippen molar-refractivity contribution in [3.8, 4) is 22.3 Å². The third kappa shape index (κ3) is 9.61. The number of nitrogens with zero attached hydrogens (tertiary/aromatic N) is 1. The molecular weight excluding hydrogens is 680 g/mol. The Labute approximate surface area is 300 Å². The summed E-state index contributed by atoms with van der Waals surface area (Å²) in [5.41, 5.74) is 6.65. The number of hydrogen-bond donors (Lipinski definition) is 2. The predicted molar refractivity (Wildman–Crippen MR) is 191 cm³/mol. The maximum Gasteiger partial charge on any atom is 0.416 e. The van der Waals surface area contributed by atoms with Crippen molar-refractivity contribution in [3.63, 3.8) is 0 Å². The van der Waals surface area contributed by atoms with Crippen LogP contribution in [0, 0.1) is 0 Å². The number of amides is 2. The highest BCUT2D eigenvalue weighted by Gasteiger charge is 2.38. The molecule has 52 heavy (non-hydrogen) atoms. The molecule has 5 nitrogen and oxygen atoms in total. The van der Waals surface area contributed by atoms with Crippen LogP contribution in [0.15, 0.2) is 97.1 Å². The molecule has 2 aliphatic rings. The fraction of sp³-hybridized carbons (Fsp3) is 0.366. The average Bonchev–Trinajstić information content (AvgIpc) is 3.37. The number of benzene rings is 4. The molecule has 1 aliphatic heterocycles. The molecule has 0 spiro atoms. The maximum atomic E-state index is 13.3. The van der Waals surface area contributed by atoms with Gasteiger partial charge in [-0.25, -0.2) is 0 Å². The van der Waals surface area contributed by atoms with Crippen LogP contribution >= 0.6 is 0 Å². The smallest absolute Gasteiger partial charge is 0.349 e. The topological polar surface area (TPSA) is 61.4 Å². The monoisotopic (exact) mass is 723 g/mol. The number of piperidine rings is 1. The lowest BCUT2D eigenvalue weighted by Gasteiger charge is -2.33. The highest BCUT2D eigenvalue weighted by molar-refractivity contribution is 6.01. The number of nitrogens with one attached hydrogen (secondary N) is 2. The molecule has 11 heteroatoms. The van der Waals surface area contributed by atoms with Crippen LogP contribution in [0.4, 0.5) is 26.3 Å². The first-order chi connectivity index (χ1) is 24.7. The summed E-state index contributed by atoms with van der Waals surface area (Å²) < 4.78 is 72.6. The zero-order valence-corrected chi connectivity index (χ0v) is 29.2. The standard InChI is InChI=1S/C37H37F3N2O.C4H6F3NO/c1-36(33-14-6-4-11-30(33)31-12-5-7-15-34(31)36)22-8-9-23-42-24-20-28(21-25-42)41-35(43)32-13-3-2-10-29(32)26-16-18-27(19-17-26)37(38,39)40;1-3(9)8-2-4(5,6)7/h2-7,10-19,28H,8-9,20-25H2,1H3,(H,41,43);2H2,1H3,(H,8,9). The normalized spacial score (nSPS) is 15.5. The molecule has 2 N–H and O–H groups in total. The van der Waals surface area contributed by atoms with Crippen LogP contribution in [-0.2, 0) is 16.4 Å². The largest absolute Gasteiger partial charge is 0.416 e. The van der Waals surface area contributed by atoms with Crippen LogP contribution in [0.3, 0.4) is 0 Å². The van der Waals surface area contributed by atoms with Crippen LogP contribution in [-0.4, -0.2) is 55.1 Å². The number of alkyl halides is 6. The maximum absolute atomic E-state index is 13.3. The van der Waals surface area contributed by atoms with Gasteiger partial charge < -0.3 is 15.5 Å². The van der Waals surface area contributed by atoms with Gasteiger partial charge in [-0.15, -0.1) is 0 Å². The molecule has 1 fully saturated rings. The summed E-state index contributed by atoms with van der Waals surface area (Å²) >= 11 is 0. The Kier molecular flexibility index (Phi) is 12.1. The average molecular weight is 724 g/mol. The molecule has 0 saturated carbocycles. The first-order valence-corrected chi connectivity index (χ1v) is 17.5. The number of carbonyl (C=O) groups excluding carboxylic acids is 2. The van der Waals surface area contributed by atoms with Crippen molar-refractivity contribution >= 4 is 11.8 Å². The van der Waals surface area contributed by atoms with Crippen molar-refractivity contribution in [3.05, 3.63) is 119 Å². The number of rotatable bonds is 9. The second-order valence-electron chi connectivity index (χ2n) is 13.6. The van der Waals surface area contributed by atoms with Gasteiger partial charge in [0.2, 0.25) is 5.91 Å². The van der Waals surface area contributed by atoms with E-state index in [2.05, 4.69) is 65.7 Å². The van der Waals surface area contributed by atoms with E-state index in [1.165, 1.54) is 34.4 Å². The van der Waals surface area contributed by atoms with Gasteiger partial charge in [0.05, 0.1) is 5.56 Å². The summed E-state index contributed by atoms with van der Waals surface area (Å²) in [5, 5.41) is 4.81. The lowest BCUT2D eigenvalue weighted by molar-refractivity contribution is -0.137. The second-order valence-corrected chi connectivity index (χ2v) is 13.6. The Morgan fingerprint density at radius 2 is 1.29 bits per heavy atom. The molecule has 0 radical (unpaired) electrons. The minimum Gasteiger partial charge on any atom is -0.349 e. The van der Waals surface area contributed by atoms with Gasteiger partial charge >= 0.3 is 12.4 Å². The molecule has 0 unspecified atom stereocenters. The number of fused-ring (bicyclic) bond motifs is 3. The summed E-state index contributed by atoms with van der Waals surface area (Å²) in [6.45, 7) is 5.11. The fourth-order valence-electron chi connectivity index (χ4n) is 7.19. The number of likely N-dealkylation sites (tertiary alicyclic amines) is 1. The first kappa shape index (κ1) is 38.6. The van der Waals surface area contributed by atoms with E-state index in [1.807, 2.05) is 0 Å². The third-order valence-corrected chi connectivity index (χ3v) is 9.89. The minimum absolute atomic E-state index is 0.0428. The van der Waals surface area contributed by atoms with Gasteiger partial charge in [-0.2, -0.15) is 26.3 Å². The van der Waals surface area contributed by atoms with E-state index in [0.29, 0.717) is 16.7 Å². The van der Waals surface area contributed by atoms with Gasteiger partial charge in [-0.3, -0.25) is 9.59 Å². The number of carbonyl (C=O) groups is 2. The molecule has 1 saturated heterocycles. The molecule has 1 heterocycles. The van der Waals surface area contributed by atoms with Gasteiger partial charge in [0.1, 0.15) is 6.54 Å². The summed E-state index contributed by atoms with van der Waals surface area (Å²) in [7, 11) is 0. The highest BCUT2D eigenvalue weighted by Crippen LogP contribution is 2.51. The van der Waals surface area contributed by atoms with Crippen molar-refractivity contribution in [1.29, 1.82) is 0 Å². The summed E-state index contributed by atoms with van der Waals surface area (Å²) in [4.78, 5) is 25.6. The van der Waals surface area contributed by atoms with Crippen molar-refractivity contribution < 1.29 is 35.9 Å². The van der Waals surface area contributed by atoms with Gasteiger partial charge in [0, 0.05) is 37.0 Å². The predicted octanol–water partition coefficient (Wildman–Crippen LogP) is 9.41. The molecule has 6 rings (SSSR count). The van der Waals surface area contributed by atoms with Crippen molar-refractivity contribution in [1.82, 2.24) is 15.5 Å². The van der Waals surface area contributed by atoms with Crippen LogP contribution in [0.5, 0.6) is 0 Å². The zero-order valence-electron chi connectivity index (χ0n) is 29.2. The SMILES string of the molecule is CC(=O)NCC(F)(F)F.CC1(CCCCN2CCC(NC(=O)c3ccccc3-c3ccc(C(F)(F)F)cc3)CC2)c2ccccc2-c2ccccc21. The summed E-state index contributed by atoms with van der Waals surface area (Å²) in [6.07, 6.45) is -3.53. The van der Waals surface area contributed by atoms with E-state index in [4.69, 9.17) is 0 Å². The lowest BCUT2D eigenvalue weighted by Crippen LogP contribution is -2.45. The zero-order chi connectivity index (χ0) is 37.5. The highest BCUT2D eigenvalue weighted by atomic mass is 19.4.